The maximum absolute atomic E-state index is 6.18. The fourth-order valence-corrected chi connectivity index (χ4v) is 1.80. The second-order valence-electron chi connectivity index (χ2n) is 3.63. The van der Waals surface area contributed by atoms with Gasteiger partial charge in [-0.3, -0.25) is 4.68 Å². The van der Waals surface area contributed by atoms with Crippen LogP contribution in [-0.4, -0.2) is 16.9 Å². The molecule has 86 valence electrons. The van der Waals surface area contributed by atoms with E-state index in [1.165, 1.54) is 0 Å². The first-order chi connectivity index (χ1) is 7.65. The fourth-order valence-electron chi connectivity index (χ4n) is 1.80. The van der Waals surface area contributed by atoms with E-state index in [0.29, 0.717) is 5.75 Å². The summed E-state index contributed by atoms with van der Waals surface area (Å²) in [5, 5.41) is 4.13. The molecule has 5 heteroatoms. The van der Waals surface area contributed by atoms with Gasteiger partial charge in [-0.05, 0) is 13.0 Å². The van der Waals surface area contributed by atoms with Gasteiger partial charge < -0.3 is 14.9 Å². The lowest BCUT2D eigenvalue weighted by Gasteiger charge is -2.13. The highest BCUT2D eigenvalue weighted by Crippen LogP contribution is 2.29. The van der Waals surface area contributed by atoms with Gasteiger partial charge in [-0.2, -0.15) is 5.10 Å². The van der Waals surface area contributed by atoms with Crippen LogP contribution in [0.2, 0.25) is 0 Å². The second kappa shape index (κ2) is 4.02. The Morgan fingerprint density at radius 1 is 1.56 bits per heavy atom. The number of hydrogen-bond acceptors (Lipinski definition) is 4. The van der Waals surface area contributed by atoms with Crippen molar-refractivity contribution in [3.8, 4) is 5.75 Å². The molecule has 1 atom stereocenters. The molecular weight excluding hydrogens is 206 g/mol. The van der Waals surface area contributed by atoms with Gasteiger partial charge in [-0.1, -0.05) is 0 Å². The number of methoxy groups -OCH3 is 1. The van der Waals surface area contributed by atoms with Gasteiger partial charge >= 0.3 is 0 Å². The van der Waals surface area contributed by atoms with Gasteiger partial charge in [0, 0.05) is 12.6 Å². The number of nitrogens with zero attached hydrogens (tertiary/aromatic N) is 2. The zero-order valence-corrected chi connectivity index (χ0v) is 9.60. The van der Waals surface area contributed by atoms with Crippen molar-refractivity contribution in [2.75, 3.05) is 7.11 Å². The van der Waals surface area contributed by atoms with Crippen molar-refractivity contribution in [1.82, 2.24) is 9.78 Å². The van der Waals surface area contributed by atoms with Crippen LogP contribution in [0.5, 0.6) is 5.75 Å². The number of hydrogen-bond donors (Lipinski definition) is 1. The quantitative estimate of drug-likeness (QED) is 0.850. The van der Waals surface area contributed by atoms with Gasteiger partial charge in [0.15, 0.2) is 5.75 Å². The smallest absolute Gasteiger partial charge is 0.161 e. The van der Waals surface area contributed by atoms with E-state index in [1.54, 1.807) is 24.3 Å². The number of furan rings is 1. The highest BCUT2D eigenvalue weighted by atomic mass is 16.5. The fraction of sp³-hybridized carbons (Fsp3) is 0.364. The Kier molecular flexibility index (Phi) is 2.70. The van der Waals surface area contributed by atoms with Gasteiger partial charge in [0.2, 0.25) is 0 Å². The van der Waals surface area contributed by atoms with Crippen LogP contribution in [0.4, 0.5) is 0 Å². The minimum Gasteiger partial charge on any atom is -0.493 e. The van der Waals surface area contributed by atoms with Crippen LogP contribution < -0.4 is 10.5 Å². The standard InChI is InChI=1S/C11H15N3O2/c1-7-8(4-5-16-7)10(12)11-9(15-3)6-13-14(11)2/h4-6,10H,12H2,1-3H3. The molecule has 0 saturated carbocycles. The average molecular weight is 221 g/mol. The van der Waals surface area contributed by atoms with Crippen molar-refractivity contribution in [1.29, 1.82) is 0 Å². The Hall–Kier alpha value is -1.75. The molecule has 0 aliphatic carbocycles. The molecule has 0 saturated heterocycles. The zero-order chi connectivity index (χ0) is 11.7. The van der Waals surface area contributed by atoms with Crippen LogP contribution in [0, 0.1) is 6.92 Å². The predicted octanol–water partition coefficient (Wildman–Crippen LogP) is 1.38. The molecule has 0 spiro atoms. The highest BCUT2D eigenvalue weighted by molar-refractivity contribution is 5.36. The third-order valence-corrected chi connectivity index (χ3v) is 2.70. The molecular formula is C11H15N3O2. The van der Waals surface area contributed by atoms with E-state index in [1.807, 2.05) is 20.0 Å². The van der Waals surface area contributed by atoms with Gasteiger partial charge in [0.05, 0.1) is 25.6 Å². The van der Waals surface area contributed by atoms with Gasteiger partial charge in [0.25, 0.3) is 0 Å². The first-order valence-corrected chi connectivity index (χ1v) is 5.00. The van der Waals surface area contributed by atoms with E-state index in [9.17, 15) is 0 Å². The molecule has 1 unspecified atom stereocenters. The molecule has 0 amide bonds. The summed E-state index contributed by atoms with van der Waals surface area (Å²) in [6.45, 7) is 1.89. The van der Waals surface area contributed by atoms with Crippen LogP contribution in [0.1, 0.15) is 23.1 Å². The van der Waals surface area contributed by atoms with E-state index in [0.717, 1.165) is 17.0 Å². The Morgan fingerprint density at radius 3 is 2.88 bits per heavy atom. The van der Waals surface area contributed by atoms with Crippen molar-refractivity contribution in [2.45, 2.75) is 13.0 Å². The summed E-state index contributed by atoms with van der Waals surface area (Å²) in [6.07, 6.45) is 3.29. The SMILES string of the molecule is COc1cnn(C)c1C(N)c1ccoc1C. The summed E-state index contributed by atoms with van der Waals surface area (Å²) in [5.74, 6) is 1.51. The zero-order valence-electron chi connectivity index (χ0n) is 9.60. The predicted molar refractivity (Wildman–Crippen MR) is 59.2 cm³/mol. The second-order valence-corrected chi connectivity index (χ2v) is 3.63. The molecule has 0 fully saturated rings. The molecule has 5 nitrogen and oxygen atoms in total. The summed E-state index contributed by atoms with van der Waals surface area (Å²) >= 11 is 0. The Morgan fingerprint density at radius 2 is 2.31 bits per heavy atom. The first-order valence-electron chi connectivity index (χ1n) is 5.00. The minimum atomic E-state index is -0.291. The highest BCUT2D eigenvalue weighted by Gasteiger charge is 2.21. The Labute approximate surface area is 93.8 Å². The van der Waals surface area contributed by atoms with E-state index in [4.69, 9.17) is 14.9 Å². The first kappa shape index (κ1) is 10.8. The molecule has 2 N–H and O–H groups in total. The third kappa shape index (κ3) is 1.59. The maximum Gasteiger partial charge on any atom is 0.161 e. The van der Waals surface area contributed by atoms with E-state index < -0.39 is 0 Å². The van der Waals surface area contributed by atoms with Gasteiger partial charge in [-0.25, -0.2) is 0 Å². The molecule has 2 aromatic heterocycles. The Balaban J connectivity index is 2.44. The van der Waals surface area contributed by atoms with Gasteiger partial charge in [-0.15, -0.1) is 0 Å². The largest absolute Gasteiger partial charge is 0.493 e. The molecule has 0 radical (unpaired) electrons. The Bertz CT molecular complexity index is 487. The molecule has 2 heterocycles. The number of ether oxygens (including phenoxy) is 1. The van der Waals surface area contributed by atoms with E-state index >= 15 is 0 Å². The van der Waals surface area contributed by atoms with Crippen LogP contribution in [-0.2, 0) is 7.05 Å². The van der Waals surface area contributed by atoms with Crippen molar-refractivity contribution < 1.29 is 9.15 Å². The lowest BCUT2D eigenvalue weighted by molar-refractivity contribution is 0.405. The number of aromatic nitrogens is 2. The molecule has 0 aliphatic heterocycles. The van der Waals surface area contributed by atoms with Crippen LogP contribution >= 0.6 is 0 Å². The molecule has 2 rings (SSSR count). The maximum atomic E-state index is 6.18. The van der Waals surface area contributed by atoms with Crippen molar-refractivity contribution in [2.24, 2.45) is 12.8 Å². The number of aryl methyl sites for hydroxylation is 2. The molecule has 16 heavy (non-hydrogen) atoms. The lowest BCUT2D eigenvalue weighted by atomic mass is 10.1. The third-order valence-electron chi connectivity index (χ3n) is 2.70. The summed E-state index contributed by atoms with van der Waals surface area (Å²) in [4.78, 5) is 0. The van der Waals surface area contributed by atoms with E-state index in [-0.39, 0.29) is 6.04 Å². The van der Waals surface area contributed by atoms with Crippen molar-refractivity contribution >= 4 is 0 Å². The monoisotopic (exact) mass is 221 g/mol. The molecule has 0 aliphatic rings. The number of nitrogens with two attached hydrogens (primary N) is 1. The average Bonchev–Trinajstić information content (AvgIpc) is 2.83. The molecule has 0 bridgehead atoms. The van der Waals surface area contributed by atoms with Crippen LogP contribution in [0.15, 0.2) is 22.9 Å². The summed E-state index contributed by atoms with van der Waals surface area (Å²) < 4.78 is 12.2. The van der Waals surface area contributed by atoms with Crippen molar-refractivity contribution in [3.63, 3.8) is 0 Å². The van der Waals surface area contributed by atoms with Crippen LogP contribution in [0.3, 0.4) is 0 Å². The van der Waals surface area contributed by atoms with Crippen molar-refractivity contribution in [3.05, 3.63) is 35.5 Å². The molecule has 0 aromatic carbocycles. The summed E-state index contributed by atoms with van der Waals surface area (Å²) in [7, 11) is 3.45. The topological polar surface area (TPSA) is 66.2 Å². The summed E-state index contributed by atoms with van der Waals surface area (Å²) in [5.41, 5.74) is 7.97. The number of rotatable bonds is 3. The molecule has 2 aromatic rings. The summed E-state index contributed by atoms with van der Waals surface area (Å²) in [6, 6.07) is 1.58. The van der Waals surface area contributed by atoms with Crippen LogP contribution in [0.25, 0.3) is 0 Å². The van der Waals surface area contributed by atoms with Gasteiger partial charge in [0.1, 0.15) is 11.5 Å². The lowest BCUT2D eigenvalue weighted by Crippen LogP contribution is -2.17. The normalized spacial score (nSPS) is 12.8. The minimum absolute atomic E-state index is 0.291. The van der Waals surface area contributed by atoms with E-state index in [2.05, 4.69) is 5.10 Å².